The molecule has 17 heavy (non-hydrogen) atoms. The highest BCUT2D eigenvalue weighted by Gasteiger charge is 2.28. The lowest BCUT2D eigenvalue weighted by Crippen LogP contribution is -2.31. The van der Waals surface area contributed by atoms with E-state index in [1.807, 2.05) is 27.7 Å². The summed E-state index contributed by atoms with van der Waals surface area (Å²) in [6.07, 6.45) is 1.22. The highest BCUT2D eigenvalue weighted by molar-refractivity contribution is 9.10. The van der Waals surface area contributed by atoms with E-state index in [0.29, 0.717) is 5.69 Å². The van der Waals surface area contributed by atoms with Crippen LogP contribution in [0.15, 0.2) is 10.7 Å². The van der Waals surface area contributed by atoms with Crippen molar-refractivity contribution in [3.63, 3.8) is 0 Å². The molecular formula is C12H19BrN2O2. The first-order valence-electron chi connectivity index (χ1n) is 5.70. The fraction of sp³-hybridized carbons (Fsp3) is 0.667. The first kappa shape index (κ1) is 14.4. The maximum atomic E-state index is 12.4. The van der Waals surface area contributed by atoms with Crippen molar-refractivity contribution >= 4 is 21.7 Å². The number of halogens is 1. The molecule has 0 fully saturated rings. The van der Waals surface area contributed by atoms with Gasteiger partial charge in [0.2, 0.25) is 5.78 Å². The van der Waals surface area contributed by atoms with Crippen LogP contribution in [0.2, 0.25) is 0 Å². The Balaban J connectivity index is 3.15. The van der Waals surface area contributed by atoms with Gasteiger partial charge in [0, 0.05) is 13.2 Å². The van der Waals surface area contributed by atoms with Gasteiger partial charge in [-0.15, -0.1) is 0 Å². The summed E-state index contributed by atoms with van der Waals surface area (Å²) >= 11 is 3.37. The molecule has 0 bridgehead atoms. The highest BCUT2D eigenvalue weighted by atomic mass is 79.9. The second-order valence-electron chi connectivity index (χ2n) is 4.64. The molecular weight excluding hydrogens is 284 g/mol. The average molecular weight is 303 g/mol. The zero-order valence-corrected chi connectivity index (χ0v) is 12.5. The molecule has 1 aromatic heterocycles. The van der Waals surface area contributed by atoms with E-state index < -0.39 is 6.10 Å². The summed E-state index contributed by atoms with van der Waals surface area (Å²) in [6, 6.07) is 0.143. The van der Waals surface area contributed by atoms with E-state index in [1.165, 1.54) is 0 Å². The molecule has 1 unspecified atom stereocenters. The smallest absolute Gasteiger partial charge is 0.210 e. The van der Waals surface area contributed by atoms with Crippen molar-refractivity contribution in [1.29, 1.82) is 0 Å². The number of rotatable bonds is 5. The number of Topliss-reactive ketones (excluding diaryl/α,β-unsaturated/α-hetero) is 1. The Bertz CT molecular complexity index is 399. The molecule has 0 radical (unpaired) electrons. The first-order valence-corrected chi connectivity index (χ1v) is 6.49. The van der Waals surface area contributed by atoms with Gasteiger partial charge in [0.05, 0.1) is 10.7 Å². The Labute approximate surface area is 110 Å². The van der Waals surface area contributed by atoms with E-state index in [4.69, 9.17) is 4.74 Å². The number of carbonyl (C=O) groups is 1. The average Bonchev–Trinajstić information content (AvgIpc) is 2.60. The van der Waals surface area contributed by atoms with Crippen LogP contribution in [0.1, 0.15) is 44.2 Å². The number of methoxy groups -OCH3 is 1. The van der Waals surface area contributed by atoms with Crippen LogP contribution >= 0.6 is 15.9 Å². The lowest BCUT2D eigenvalue weighted by atomic mass is 10.0. The molecule has 0 aliphatic carbocycles. The maximum absolute atomic E-state index is 12.4. The molecule has 0 N–H and O–H groups in total. The fourth-order valence-electron chi connectivity index (χ4n) is 1.78. The largest absolute Gasteiger partial charge is 0.373 e. The minimum atomic E-state index is -0.430. The van der Waals surface area contributed by atoms with Gasteiger partial charge in [-0.3, -0.25) is 9.48 Å². The van der Waals surface area contributed by atoms with Gasteiger partial charge in [0.15, 0.2) is 0 Å². The van der Waals surface area contributed by atoms with Crippen molar-refractivity contribution in [1.82, 2.24) is 9.78 Å². The van der Waals surface area contributed by atoms with E-state index in [0.717, 1.165) is 4.47 Å². The topological polar surface area (TPSA) is 44.1 Å². The normalized spacial score (nSPS) is 13.4. The van der Waals surface area contributed by atoms with Gasteiger partial charge in [-0.05, 0) is 35.7 Å². The Hall–Kier alpha value is -0.680. The van der Waals surface area contributed by atoms with Crippen LogP contribution in [0.25, 0.3) is 0 Å². The van der Waals surface area contributed by atoms with E-state index in [9.17, 15) is 4.79 Å². The highest BCUT2D eigenvalue weighted by Crippen LogP contribution is 2.23. The molecule has 5 heteroatoms. The summed E-state index contributed by atoms with van der Waals surface area (Å²) in [5.74, 6) is 0.107. The van der Waals surface area contributed by atoms with Crippen LogP contribution in [-0.4, -0.2) is 28.8 Å². The third-order valence-electron chi connectivity index (χ3n) is 2.59. The van der Waals surface area contributed by atoms with Crippen LogP contribution in [0.3, 0.4) is 0 Å². The molecule has 0 aliphatic rings. The van der Waals surface area contributed by atoms with Crippen LogP contribution < -0.4 is 0 Å². The van der Waals surface area contributed by atoms with Crippen molar-refractivity contribution in [3.05, 3.63) is 16.4 Å². The summed E-state index contributed by atoms with van der Waals surface area (Å²) in [7, 11) is 1.56. The van der Waals surface area contributed by atoms with Crippen LogP contribution in [0, 0.1) is 5.92 Å². The Kier molecular flexibility index (Phi) is 4.89. The number of ketones is 1. The second kappa shape index (κ2) is 5.78. The SMILES string of the molecule is COC(C(=O)c1c(Br)cnn1C(C)C)C(C)C. The molecule has 1 atom stereocenters. The van der Waals surface area contributed by atoms with Gasteiger partial charge in [0.1, 0.15) is 11.8 Å². The molecule has 96 valence electrons. The third kappa shape index (κ3) is 2.96. The predicted octanol–water partition coefficient (Wildman–Crippen LogP) is 3.08. The van der Waals surface area contributed by atoms with Gasteiger partial charge in [-0.25, -0.2) is 0 Å². The lowest BCUT2D eigenvalue weighted by molar-refractivity contribution is 0.0446. The Morgan fingerprint density at radius 3 is 2.41 bits per heavy atom. The number of ether oxygens (including phenoxy) is 1. The van der Waals surface area contributed by atoms with Crippen molar-refractivity contribution in [2.75, 3.05) is 7.11 Å². The van der Waals surface area contributed by atoms with Crippen molar-refractivity contribution in [3.8, 4) is 0 Å². The van der Waals surface area contributed by atoms with Gasteiger partial charge < -0.3 is 4.74 Å². The van der Waals surface area contributed by atoms with E-state index in [-0.39, 0.29) is 17.7 Å². The summed E-state index contributed by atoms with van der Waals surface area (Å²) in [6.45, 7) is 7.92. The standard InChI is InChI=1S/C12H19BrN2O2/c1-7(2)12(17-5)11(16)10-9(13)6-14-15(10)8(3)4/h6-8,12H,1-5H3. The summed E-state index contributed by atoms with van der Waals surface area (Å²) in [5.41, 5.74) is 0.584. The van der Waals surface area contributed by atoms with Crippen molar-refractivity contribution in [2.45, 2.75) is 39.8 Å². The van der Waals surface area contributed by atoms with Crippen molar-refractivity contribution in [2.24, 2.45) is 5.92 Å². The van der Waals surface area contributed by atoms with E-state index in [2.05, 4.69) is 21.0 Å². The number of hydrogen-bond donors (Lipinski definition) is 0. The molecule has 0 saturated carbocycles. The summed E-state index contributed by atoms with van der Waals surface area (Å²) < 4.78 is 7.72. The molecule has 1 rings (SSSR count). The van der Waals surface area contributed by atoms with Gasteiger partial charge in [0.25, 0.3) is 0 Å². The minimum Gasteiger partial charge on any atom is -0.373 e. The molecule has 0 saturated heterocycles. The maximum Gasteiger partial charge on any atom is 0.210 e. The lowest BCUT2D eigenvalue weighted by Gasteiger charge is -2.19. The van der Waals surface area contributed by atoms with E-state index >= 15 is 0 Å². The fourth-order valence-corrected chi connectivity index (χ4v) is 2.25. The molecule has 0 spiro atoms. The van der Waals surface area contributed by atoms with Gasteiger partial charge in [-0.1, -0.05) is 13.8 Å². The Morgan fingerprint density at radius 2 is 2.00 bits per heavy atom. The number of carbonyl (C=O) groups excluding carboxylic acids is 1. The zero-order chi connectivity index (χ0) is 13.2. The summed E-state index contributed by atoms with van der Waals surface area (Å²) in [5, 5.41) is 4.21. The number of aromatic nitrogens is 2. The molecule has 1 aromatic rings. The summed E-state index contributed by atoms with van der Waals surface area (Å²) in [4.78, 5) is 12.4. The first-order chi connectivity index (χ1) is 7.90. The van der Waals surface area contributed by atoms with Crippen LogP contribution in [0.5, 0.6) is 0 Å². The molecule has 0 aliphatic heterocycles. The zero-order valence-electron chi connectivity index (χ0n) is 10.9. The Morgan fingerprint density at radius 1 is 1.41 bits per heavy atom. The predicted molar refractivity (Wildman–Crippen MR) is 70.3 cm³/mol. The molecule has 4 nitrogen and oxygen atoms in total. The monoisotopic (exact) mass is 302 g/mol. The quantitative estimate of drug-likeness (QED) is 0.785. The minimum absolute atomic E-state index is 0.0272. The number of nitrogens with zero attached hydrogens (tertiary/aromatic N) is 2. The van der Waals surface area contributed by atoms with Gasteiger partial charge >= 0.3 is 0 Å². The van der Waals surface area contributed by atoms with Gasteiger partial charge in [-0.2, -0.15) is 5.10 Å². The number of hydrogen-bond acceptors (Lipinski definition) is 3. The second-order valence-corrected chi connectivity index (χ2v) is 5.50. The molecule has 1 heterocycles. The van der Waals surface area contributed by atoms with Crippen LogP contribution in [0.4, 0.5) is 0 Å². The molecule has 0 amide bonds. The third-order valence-corrected chi connectivity index (χ3v) is 3.17. The van der Waals surface area contributed by atoms with E-state index in [1.54, 1.807) is 18.0 Å². The van der Waals surface area contributed by atoms with Crippen LogP contribution in [-0.2, 0) is 4.74 Å². The van der Waals surface area contributed by atoms with Crippen molar-refractivity contribution < 1.29 is 9.53 Å². The molecule has 0 aromatic carbocycles.